The van der Waals surface area contributed by atoms with Crippen molar-refractivity contribution in [3.05, 3.63) is 16.4 Å². The van der Waals surface area contributed by atoms with Crippen molar-refractivity contribution in [2.75, 3.05) is 26.2 Å². The van der Waals surface area contributed by atoms with Gasteiger partial charge in [0.2, 0.25) is 0 Å². The Morgan fingerprint density at radius 1 is 1.47 bits per heavy atom. The van der Waals surface area contributed by atoms with Crippen LogP contribution < -0.4 is 5.32 Å². The first kappa shape index (κ1) is 10.6. The molecule has 2 heterocycles. The molecule has 1 aliphatic heterocycles. The lowest BCUT2D eigenvalue weighted by Crippen LogP contribution is -2.34. The Balaban J connectivity index is 2.09. The highest BCUT2D eigenvalue weighted by Crippen LogP contribution is 2.15. The minimum Gasteiger partial charge on any atom is -0.337 e. The maximum atomic E-state index is 12.0. The number of H-pyrrole nitrogens is 1. The number of rotatable bonds is 1. The largest absolute Gasteiger partial charge is 0.337 e. The van der Waals surface area contributed by atoms with Crippen LogP contribution in [0.25, 0.3) is 0 Å². The summed E-state index contributed by atoms with van der Waals surface area (Å²) in [6.07, 6.45) is 2.56. The molecule has 1 amide bonds. The molecule has 1 fully saturated rings. The number of amides is 1. The quantitative estimate of drug-likeness (QED) is 0.788. The van der Waals surface area contributed by atoms with Crippen LogP contribution in [0.15, 0.2) is 10.8 Å². The van der Waals surface area contributed by atoms with E-state index in [0.29, 0.717) is 10.2 Å². The predicted octanol–water partition coefficient (Wildman–Crippen LogP) is 0.608. The molecule has 0 aromatic carbocycles. The summed E-state index contributed by atoms with van der Waals surface area (Å²) in [6, 6.07) is 0. The second-order valence-corrected chi connectivity index (χ2v) is 4.29. The van der Waals surface area contributed by atoms with Gasteiger partial charge in [0.15, 0.2) is 0 Å². The molecule has 15 heavy (non-hydrogen) atoms. The number of hydrogen-bond acceptors (Lipinski definition) is 3. The van der Waals surface area contributed by atoms with Gasteiger partial charge in [-0.2, -0.15) is 5.10 Å². The van der Waals surface area contributed by atoms with Crippen molar-refractivity contribution in [2.45, 2.75) is 6.42 Å². The van der Waals surface area contributed by atoms with Crippen molar-refractivity contribution in [3.63, 3.8) is 0 Å². The Morgan fingerprint density at radius 3 is 3.07 bits per heavy atom. The van der Waals surface area contributed by atoms with Gasteiger partial charge in [0.25, 0.3) is 5.91 Å². The average molecular weight is 273 g/mol. The zero-order chi connectivity index (χ0) is 10.7. The van der Waals surface area contributed by atoms with E-state index in [2.05, 4.69) is 31.4 Å². The average Bonchev–Trinajstić information content (AvgIpc) is 2.53. The van der Waals surface area contributed by atoms with Crippen LogP contribution in [0.3, 0.4) is 0 Å². The maximum Gasteiger partial charge on any atom is 0.258 e. The van der Waals surface area contributed by atoms with Crippen molar-refractivity contribution in [2.24, 2.45) is 0 Å². The molecule has 0 unspecified atom stereocenters. The number of aromatic amines is 1. The second kappa shape index (κ2) is 4.76. The monoisotopic (exact) mass is 272 g/mol. The Bertz CT molecular complexity index is 344. The van der Waals surface area contributed by atoms with E-state index >= 15 is 0 Å². The third kappa shape index (κ3) is 2.38. The lowest BCUT2D eigenvalue weighted by Gasteiger charge is -2.19. The highest BCUT2D eigenvalue weighted by molar-refractivity contribution is 9.10. The third-order valence-electron chi connectivity index (χ3n) is 2.45. The van der Waals surface area contributed by atoms with Crippen LogP contribution in [-0.4, -0.2) is 47.2 Å². The number of halogens is 1. The molecule has 0 aliphatic carbocycles. The molecular formula is C9H13BrN4O. The van der Waals surface area contributed by atoms with Gasteiger partial charge in [0, 0.05) is 19.6 Å². The number of nitrogens with zero attached hydrogens (tertiary/aromatic N) is 2. The van der Waals surface area contributed by atoms with E-state index in [9.17, 15) is 4.79 Å². The molecule has 1 aromatic rings. The smallest absolute Gasteiger partial charge is 0.258 e. The van der Waals surface area contributed by atoms with Crippen LogP contribution in [0.5, 0.6) is 0 Å². The SMILES string of the molecule is O=C(c1cn[nH]c1Br)N1CCCNCC1. The highest BCUT2D eigenvalue weighted by atomic mass is 79.9. The van der Waals surface area contributed by atoms with Gasteiger partial charge < -0.3 is 10.2 Å². The van der Waals surface area contributed by atoms with Gasteiger partial charge in [-0.15, -0.1) is 0 Å². The Labute approximate surface area is 96.4 Å². The molecular weight excluding hydrogens is 260 g/mol. The molecule has 82 valence electrons. The first-order valence-electron chi connectivity index (χ1n) is 4.98. The van der Waals surface area contributed by atoms with E-state index < -0.39 is 0 Å². The lowest BCUT2D eigenvalue weighted by molar-refractivity contribution is 0.0765. The Hall–Kier alpha value is -0.880. The van der Waals surface area contributed by atoms with Crippen molar-refractivity contribution in [1.82, 2.24) is 20.4 Å². The van der Waals surface area contributed by atoms with E-state index in [0.717, 1.165) is 32.6 Å². The Morgan fingerprint density at radius 2 is 2.33 bits per heavy atom. The summed E-state index contributed by atoms with van der Waals surface area (Å²) in [5, 5.41) is 9.80. The maximum absolute atomic E-state index is 12.0. The van der Waals surface area contributed by atoms with Crippen LogP contribution in [0, 0.1) is 0 Å². The van der Waals surface area contributed by atoms with E-state index in [1.165, 1.54) is 0 Å². The topological polar surface area (TPSA) is 61.0 Å². The van der Waals surface area contributed by atoms with Crippen molar-refractivity contribution >= 4 is 21.8 Å². The summed E-state index contributed by atoms with van der Waals surface area (Å²) in [6.45, 7) is 3.41. The third-order valence-corrected chi connectivity index (χ3v) is 3.06. The fraction of sp³-hybridized carbons (Fsp3) is 0.556. The molecule has 2 N–H and O–H groups in total. The van der Waals surface area contributed by atoms with Crippen LogP contribution in [0.2, 0.25) is 0 Å². The van der Waals surface area contributed by atoms with Gasteiger partial charge >= 0.3 is 0 Å². The van der Waals surface area contributed by atoms with Crippen LogP contribution >= 0.6 is 15.9 Å². The molecule has 6 heteroatoms. The summed E-state index contributed by atoms with van der Waals surface area (Å²) < 4.78 is 0.657. The fourth-order valence-corrected chi connectivity index (χ4v) is 2.01. The lowest BCUT2D eigenvalue weighted by atomic mass is 10.3. The molecule has 2 rings (SSSR count). The molecule has 5 nitrogen and oxygen atoms in total. The van der Waals surface area contributed by atoms with Gasteiger partial charge in [-0.25, -0.2) is 0 Å². The summed E-state index contributed by atoms with van der Waals surface area (Å²) in [4.78, 5) is 13.9. The number of carbonyl (C=O) groups excluding carboxylic acids is 1. The molecule has 0 saturated carbocycles. The summed E-state index contributed by atoms with van der Waals surface area (Å²) >= 11 is 3.27. The zero-order valence-electron chi connectivity index (χ0n) is 8.29. The van der Waals surface area contributed by atoms with Crippen LogP contribution in [0.1, 0.15) is 16.8 Å². The van der Waals surface area contributed by atoms with Gasteiger partial charge in [-0.3, -0.25) is 9.89 Å². The predicted molar refractivity (Wildman–Crippen MR) is 59.7 cm³/mol. The summed E-state index contributed by atoms with van der Waals surface area (Å²) in [7, 11) is 0. The van der Waals surface area contributed by atoms with Gasteiger partial charge in [0.05, 0.1) is 11.8 Å². The van der Waals surface area contributed by atoms with Gasteiger partial charge in [-0.1, -0.05) is 0 Å². The minimum atomic E-state index is 0.0410. The normalized spacial score (nSPS) is 17.5. The first-order valence-corrected chi connectivity index (χ1v) is 5.77. The summed E-state index contributed by atoms with van der Waals surface area (Å²) in [5.41, 5.74) is 0.608. The van der Waals surface area contributed by atoms with Crippen molar-refractivity contribution in [1.29, 1.82) is 0 Å². The summed E-state index contributed by atoms with van der Waals surface area (Å²) in [5.74, 6) is 0.0410. The highest BCUT2D eigenvalue weighted by Gasteiger charge is 2.20. The number of carbonyl (C=O) groups is 1. The molecule has 0 radical (unpaired) electrons. The minimum absolute atomic E-state index is 0.0410. The van der Waals surface area contributed by atoms with Gasteiger partial charge in [0.1, 0.15) is 4.60 Å². The molecule has 1 aromatic heterocycles. The Kier molecular flexibility index (Phi) is 3.37. The number of aromatic nitrogens is 2. The molecule has 0 bridgehead atoms. The van der Waals surface area contributed by atoms with E-state index in [1.54, 1.807) is 6.20 Å². The molecule has 0 spiro atoms. The molecule has 1 aliphatic rings. The van der Waals surface area contributed by atoms with Crippen LogP contribution in [0.4, 0.5) is 0 Å². The van der Waals surface area contributed by atoms with E-state index in [-0.39, 0.29) is 5.91 Å². The van der Waals surface area contributed by atoms with Crippen molar-refractivity contribution < 1.29 is 4.79 Å². The first-order chi connectivity index (χ1) is 7.29. The fourth-order valence-electron chi connectivity index (χ4n) is 1.64. The van der Waals surface area contributed by atoms with E-state index in [1.807, 2.05) is 4.90 Å². The van der Waals surface area contributed by atoms with Crippen LogP contribution in [-0.2, 0) is 0 Å². The van der Waals surface area contributed by atoms with Crippen molar-refractivity contribution in [3.8, 4) is 0 Å². The zero-order valence-corrected chi connectivity index (χ0v) is 9.88. The molecule has 0 atom stereocenters. The van der Waals surface area contributed by atoms with E-state index in [4.69, 9.17) is 0 Å². The standard InChI is InChI=1S/C9H13BrN4O/c10-8-7(6-12-13-8)9(15)14-4-1-2-11-3-5-14/h6,11H,1-5H2,(H,12,13). The van der Waals surface area contributed by atoms with Gasteiger partial charge in [-0.05, 0) is 28.9 Å². The second-order valence-electron chi connectivity index (χ2n) is 3.49. The number of hydrogen-bond donors (Lipinski definition) is 2. The number of nitrogens with one attached hydrogen (secondary N) is 2. The molecule has 1 saturated heterocycles.